The van der Waals surface area contributed by atoms with Crippen LogP contribution in [0.25, 0.3) is 11.1 Å². The molecule has 1 aromatic heterocycles. The maximum atomic E-state index is 5.87. The van der Waals surface area contributed by atoms with Gasteiger partial charge in [-0.25, -0.2) is 0 Å². The van der Waals surface area contributed by atoms with Gasteiger partial charge in [-0.3, -0.25) is 9.88 Å². The van der Waals surface area contributed by atoms with E-state index in [0.717, 1.165) is 23.6 Å². The van der Waals surface area contributed by atoms with Gasteiger partial charge in [0.2, 0.25) is 0 Å². The minimum Gasteiger partial charge on any atom is -0.457 e. The molecule has 2 aromatic carbocycles. The zero-order valence-electron chi connectivity index (χ0n) is 15.0. The summed E-state index contributed by atoms with van der Waals surface area (Å²) in [5.41, 5.74) is 3.61. The lowest BCUT2D eigenvalue weighted by Gasteiger charge is -2.26. The highest BCUT2D eigenvalue weighted by atomic mass is 16.5. The number of rotatable bonds is 5. The molecular formula is C23H24N2O. The molecule has 0 atom stereocenters. The third-order valence-electron chi connectivity index (χ3n) is 4.82. The van der Waals surface area contributed by atoms with Gasteiger partial charge in [0.25, 0.3) is 0 Å². The van der Waals surface area contributed by atoms with Gasteiger partial charge in [0.1, 0.15) is 11.5 Å². The molecule has 0 aliphatic carbocycles. The number of hydrogen-bond acceptors (Lipinski definition) is 3. The average molecular weight is 344 g/mol. The topological polar surface area (TPSA) is 25.4 Å². The largest absolute Gasteiger partial charge is 0.457 e. The Balaban J connectivity index is 1.46. The van der Waals surface area contributed by atoms with E-state index in [4.69, 9.17) is 4.74 Å². The number of benzene rings is 2. The fourth-order valence-corrected chi connectivity index (χ4v) is 3.45. The first-order valence-electron chi connectivity index (χ1n) is 9.36. The molecule has 1 fully saturated rings. The molecule has 0 saturated carbocycles. The van der Waals surface area contributed by atoms with Gasteiger partial charge in [0.05, 0.1) is 0 Å². The molecule has 1 aliphatic rings. The fraction of sp³-hybridized carbons (Fsp3) is 0.261. The van der Waals surface area contributed by atoms with Crippen LogP contribution in [0, 0.1) is 0 Å². The third kappa shape index (κ3) is 4.30. The van der Waals surface area contributed by atoms with Crippen LogP contribution in [0.5, 0.6) is 11.5 Å². The lowest BCUT2D eigenvalue weighted by atomic mass is 10.0. The minimum atomic E-state index is 0.845. The number of ether oxygens (including phenoxy) is 1. The molecule has 1 saturated heterocycles. The Bertz CT molecular complexity index is 824. The molecular weight excluding hydrogens is 320 g/mol. The standard InChI is InChI=1S/C23H24N2O/c1-3-7-22(8-4-1)26-23-11-9-20(10-12-23)21-15-19(16-24-17-21)18-25-13-5-2-6-14-25/h1,3-4,7-12,15-17H,2,5-6,13-14,18H2. The maximum absolute atomic E-state index is 5.87. The SMILES string of the molecule is c1ccc(Oc2ccc(-c3cncc(CN4CCCCC4)c3)cc2)cc1. The highest BCUT2D eigenvalue weighted by Crippen LogP contribution is 2.26. The normalized spacial score (nSPS) is 14.9. The van der Waals surface area contributed by atoms with E-state index in [1.54, 1.807) is 0 Å². The van der Waals surface area contributed by atoms with Gasteiger partial charge in [0, 0.05) is 24.5 Å². The van der Waals surface area contributed by atoms with Crippen molar-refractivity contribution >= 4 is 0 Å². The minimum absolute atomic E-state index is 0.845. The fourth-order valence-electron chi connectivity index (χ4n) is 3.45. The Morgan fingerprint density at radius 3 is 2.27 bits per heavy atom. The van der Waals surface area contributed by atoms with Crippen molar-refractivity contribution in [1.82, 2.24) is 9.88 Å². The van der Waals surface area contributed by atoms with Crippen LogP contribution in [-0.2, 0) is 6.54 Å². The molecule has 0 bridgehead atoms. The van der Waals surface area contributed by atoms with E-state index < -0.39 is 0 Å². The van der Waals surface area contributed by atoms with E-state index in [0.29, 0.717) is 0 Å². The summed E-state index contributed by atoms with van der Waals surface area (Å²) in [5, 5.41) is 0. The molecule has 2 heterocycles. The van der Waals surface area contributed by atoms with E-state index in [9.17, 15) is 0 Å². The van der Waals surface area contributed by atoms with Gasteiger partial charge in [0.15, 0.2) is 0 Å². The summed E-state index contributed by atoms with van der Waals surface area (Å²) in [6, 6.07) is 20.3. The Labute approximate surface area is 155 Å². The van der Waals surface area contributed by atoms with Crippen molar-refractivity contribution in [2.45, 2.75) is 25.8 Å². The number of hydrogen-bond donors (Lipinski definition) is 0. The number of piperidine rings is 1. The number of pyridine rings is 1. The Morgan fingerprint density at radius 2 is 1.50 bits per heavy atom. The molecule has 0 unspecified atom stereocenters. The molecule has 0 N–H and O–H groups in total. The Hall–Kier alpha value is -2.65. The highest BCUT2D eigenvalue weighted by Gasteiger charge is 2.11. The van der Waals surface area contributed by atoms with Gasteiger partial charge < -0.3 is 4.74 Å². The number of likely N-dealkylation sites (tertiary alicyclic amines) is 1. The van der Waals surface area contributed by atoms with Crippen LogP contribution in [0.4, 0.5) is 0 Å². The summed E-state index contributed by atoms with van der Waals surface area (Å²) in [7, 11) is 0. The maximum Gasteiger partial charge on any atom is 0.127 e. The summed E-state index contributed by atoms with van der Waals surface area (Å²) >= 11 is 0. The number of aromatic nitrogens is 1. The second-order valence-electron chi connectivity index (χ2n) is 6.86. The molecule has 0 radical (unpaired) electrons. The van der Waals surface area contributed by atoms with Crippen LogP contribution in [-0.4, -0.2) is 23.0 Å². The number of para-hydroxylation sites is 1. The third-order valence-corrected chi connectivity index (χ3v) is 4.82. The molecule has 1 aliphatic heterocycles. The van der Waals surface area contributed by atoms with Crippen LogP contribution in [0.1, 0.15) is 24.8 Å². The molecule has 26 heavy (non-hydrogen) atoms. The van der Waals surface area contributed by atoms with Crippen molar-refractivity contribution in [3.8, 4) is 22.6 Å². The Kier molecular flexibility index (Phi) is 5.27. The van der Waals surface area contributed by atoms with E-state index in [1.165, 1.54) is 43.5 Å². The summed E-state index contributed by atoms with van der Waals surface area (Å²) < 4.78 is 5.87. The predicted molar refractivity (Wildman–Crippen MR) is 105 cm³/mol. The van der Waals surface area contributed by atoms with Crippen molar-refractivity contribution in [2.75, 3.05) is 13.1 Å². The molecule has 3 nitrogen and oxygen atoms in total. The lowest BCUT2D eigenvalue weighted by Crippen LogP contribution is -2.29. The zero-order valence-corrected chi connectivity index (χ0v) is 15.0. The smallest absolute Gasteiger partial charge is 0.127 e. The summed E-state index contributed by atoms with van der Waals surface area (Å²) in [5.74, 6) is 1.70. The van der Waals surface area contributed by atoms with Gasteiger partial charge in [-0.15, -0.1) is 0 Å². The molecule has 132 valence electrons. The second-order valence-corrected chi connectivity index (χ2v) is 6.86. The van der Waals surface area contributed by atoms with E-state index in [2.05, 4.69) is 28.1 Å². The van der Waals surface area contributed by atoms with Crippen LogP contribution >= 0.6 is 0 Å². The predicted octanol–water partition coefficient (Wildman–Crippen LogP) is 5.53. The van der Waals surface area contributed by atoms with E-state index in [1.807, 2.05) is 54.9 Å². The second kappa shape index (κ2) is 8.15. The summed E-state index contributed by atoms with van der Waals surface area (Å²) in [6.07, 6.45) is 7.93. The molecule has 0 amide bonds. The van der Waals surface area contributed by atoms with Crippen LogP contribution < -0.4 is 4.74 Å². The van der Waals surface area contributed by atoms with E-state index in [-0.39, 0.29) is 0 Å². The Morgan fingerprint density at radius 1 is 0.769 bits per heavy atom. The average Bonchev–Trinajstić information content (AvgIpc) is 2.70. The van der Waals surface area contributed by atoms with Crippen molar-refractivity contribution in [1.29, 1.82) is 0 Å². The van der Waals surface area contributed by atoms with Crippen LogP contribution in [0.3, 0.4) is 0 Å². The number of nitrogens with zero attached hydrogens (tertiary/aromatic N) is 2. The first-order chi connectivity index (χ1) is 12.9. The van der Waals surface area contributed by atoms with Crippen LogP contribution in [0.2, 0.25) is 0 Å². The summed E-state index contributed by atoms with van der Waals surface area (Å²) in [6.45, 7) is 3.40. The first kappa shape index (κ1) is 16.8. The van der Waals surface area contributed by atoms with Gasteiger partial charge in [-0.2, -0.15) is 0 Å². The molecule has 3 aromatic rings. The van der Waals surface area contributed by atoms with Crippen molar-refractivity contribution < 1.29 is 4.74 Å². The lowest BCUT2D eigenvalue weighted by molar-refractivity contribution is 0.220. The van der Waals surface area contributed by atoms with Gasteiger partial charge >= 0.3 is 0 Å². The van der Waals surface area contributed by atoms with Gasteiger partial charge in [-0.05, 0) is 67.4 Å². The molecule has 4 rings (SSSR count). The summed E-state index contributed by atoms with van der Waals surface area (Å²) in [4.78, 5) is 6.99. The highest BCUT2D eigenvalue weighted by molar-refractivity contribution is 5.64. The van der Waals surface area contributed by atoms with Crippen molar-refractivity contribution in [3.63, 3.8) is 0 Å². The van der Waals surface area contributed by atoms with Crippen molar-refractivity contribution in [3.05, 3.63) is 78.6 Å². The molecule has 3 heteroatoms. The first-order valence-corrected chi connectivity index (χ1v) is 9.36. The van der Waals surface area contributed by atoms with E-state index >= 15 is 0 Å². The quantitative estimate of drug-likeness (QED) is 0.609. The zero-order chi connectivity index (χ0) is 17.6. The van der Waals surface area contributed by atoms with Crippen LogP contribution in [0.15, 0.2) is 73.1 Å². The van der Waals surface area contributed by atoms with Crippen molar-refractivity contribution in [2.24, 2.45) is 0 Å². The molecule has 0 spiro atoms. The monoisotopic (exact) mass is 344 g/mol. The van der Waals surface area contributed by atoms with Gasteiger partial charge in [-0.1, -0.05) is 36.8 Å².